The Kier molecular flexibility index (Phi) is 4.96. The molecule has 0 radical (unpaired) electrons. The zero-order valence-electron chi connectivity index (χ0n) is 15.4. The summed E-state index contributed by atoms with van der Waals surface area (Å²) in [7, 11) is 0. The fraction of sp³-hybridized carbons (Fsp3) is 0.190. The van der Waals surface area contributed by atoms with Crippen LogP contribution in [-0.4, -0.2) is 13.9 Å². The molecular weight excluding hydrogens is 399 g/mol. The molecule has 0 aliphatic carbocycles. The lowest BCUT2D eigenvalue weighted by Gasteiger charge is -2.14. The molecule has 0 aliphatic heterocycles. The van der Waals surface area contributed by atoms with Crippen molar-refractivity contribution in [2.75, 3.05) is 0 Å². The first-order valence-corrected chi connectivity index (χ1v) is 9.71. The molecule has 4 nitrogen and oxygen atoms in total. The van der Waals surface area contributed by atoms with Crippen LogP contribution in [0.15, 0.2) is 59.4 Å². The van der Waals surface area contributed by atoms with Gasteiger partial charge in [-0.15, -0.1) is 0 Å². The molecule has 4 aromatic rings. The van der Waals surface area contributed by atoms with E-state index in [1.165, 1.54) is 4.57 Å². The number of nitrogens with zero attached hydrogens (tertiary/aromatic N) is 3. The molecule has 0 atom stereocenters. The highest BCUT2D eigenvalue weighted by molar-refractivity contribution is 7.12. The number of halogens is 3. The zero-order valence-corrected chi connectivity index (χ0v) is 16.2. The van der Waals surface area contributed by atoms with Crippen LogP contribution in [-0.2, 0) is 19.1 Å². The standard InChI is InChI=1S/C21H16F3N3OS/c1-13-7-5-6-10-15(13)18-25-19-16(17(26-29-19)21(22,23)24)20(28)27(18)12-11-14-8-3-2-4-9-14/h2-10H,11-12H2,1H3. The van der Waals surface area contributed by atoms with E-state index in [1.54, 1.807) is 0 Å². The number of hydrogen-bond acceptors (Lipinski definition) is 4. The van der Waals surface area contributed by atoms with Gasteiger partial charge in [-0.1, -0.05) is 54.6 Å². The SMILES string of the molecule is Cc1ccccc1-c1nc2snc(C(F)(F)F)c2c(=O)n1CCc1ccccc1. The number of hydrogen-bond donors (Lipinski definition) is 0. The second-order valence-corrected chi connectivity index (χ2v) is 7.40. The summed E-state index contributed by atoms with van der Waals surface area (Å²) >= 11 is 0.598. The molecule has 2 aromatic heterocycles. The molecule has 0 N–H and O–H groups in total. The average Bonchev–Trinajstić information content (AvgIpc) is 3.13. The van der Waals surface area contributed by atoms with Crippen LogP contribution in [0.5, 0.6) is 0 Å². The summed E-state index contributed by atoms with van der Waals surface area (Å²) in [6.07, 6.45) is -4.22. The van der Waals surface area contributed by atoms with Crippen LogP contribution in [0.4, 0.5) is 13.2 Å². The van der Waals surface area contributed by atoms with Gasteiger partial charge in [0.1, 0.15) is 11.2 Å². The molecule has 0 bridgehead atoms. The van der Waals surface area contributed by atoms with Crippen LogP contribution < -0.4 is 5.56 Å². The second-order valence-electron chi connectivity index (χ2n) is 6.65. The Morgan fingerprint density at radius 3 is 2.41 bits per heavy atom. The van der Waals surface area contributed by atoms with Crippen molar-refractivity contribution in [3.8, 4) is 11.4 Å². The van der Waals surface area contributed by atoms with Gasteiger partial charge in [0, 0.05) is 12.1 Å². The third-order valence-corrected chi connectivity index (χ3v) is 5.46. The Morgan fingerprint density at radius 2 is 1.72 bits per heavy atom. The van der Waals surface area contributed by atoms with Crippen molar-refractivity contribution in [1.82, 2.24) is 13.9 Å². The van der Waals surface area contributed by atoms with E-state index >= 15 is 0 Å². The van der Waals surface area contributed by atoms with Crippen LogP contribution in [0.2, 0.25) is 0 Å². The quantitative estimate of drug-likeness (QED) is 0.467. The van der Waals surface area contributed by atoms with E-state index in [9.17, 15) is 18.0 Å². The molecule has 0 spiro atoms. The van der Waals surface area contributed by atoms with Gasteiger partial charge in [-0.2, -0.15) is 17.5 Å². The lowest BCUT2D eigenvalue weighted by atomic mass is 10.1. The first-order chi connectivity index (χ1) is 13.9. The van der Waals surface area contributed by atoms with Crippen molar-refractivity contribution in [3.63, 3.8) is 0 Å². The summed E-state index contributed by atoms with van der Waals surface area (Å²) < 4.78 is 44.9. The van der Waals surface area contributed by atoms with Gasteiger partial charge in [-0.3, -0.25) is 9.36 Å². The van der Waals surface area contributed by atoms with Gasteiger partial charge in [0.2, 0.25) is 0 Å². The van der Waals surface area contributed by atoms with E-state index in [0.29, 0.717) is 29.3 Å². The van der Waals surface area contributed by atoms with Gasteiger partial charge >= 0.3 is 6.18 Å². The van der Waals surface area contributed by atoms with E-state index in [-0.39, 0.29) is 11.4 Å². The van der Waals surface area contributed by atoms with Crippen LogP contribution in [0, 0.1) is 6.92 Å². The van der Waals surface area contributed by atoms with Crippen molar-refractivity contribution in [2.24, 2.45) is 0 Å². The maximum atomic E-state index is 13.4. The highest BCUT2D eigenvalue weighted by Crippen LogP contribution is 2.34. The Hall–Kier alpha value is -3.00. The van der Waals surface area contributed by atoms with Gasteiger partial charge < -0.3 is 0 Å². The van der Waals surface area contributed by atoms with E-state index < -0.39 is 22.8 Å². The van der Waals surface area contributed by atoms with Crippen LogP contribution >= 0.6 is 11.5 Å². The molecule has 29 heavy (non-hydrogen) atoms. The molecular formula is C21H16F3N3OS. The molecule has 2 aromatic carbocycles. The van der Waals surface area contributed by atoms with Gasteiger partial charge in [-0.25, -0.2) is 4.98 Å². The third kappa shape index (κ3) is 3.67. The zero-order chi connectivity index (χ0) is 20.6. The summed E-state index contributed by atoms with van der Waals surface area (Å²) in [5.41, 5.74) is 0.689. The van der Waals surface area contributed by atoms with Gasteiger partial charge in [0.05, 0.1) is 0 Å². The number of rotatable bonds is 4. The number of alkyl halides is 3. The third-order valence-electron chi connectivity index (χ3n) is 4.72. The lowest BCUT2D eigenvalue weighted by molar-refractivity contribution is -0.139. The Balaban J connectivity index is 1.93. The van der Waals surface area contributed by atoms with E-state index in [4.69, 9.17) is 0 Å². The van der Waals surface area contributed by atoms with E-state index in [0.717, 1.165) is 11.1 Å². The van der Waals surface area contributed by atoms with Crippen molar-refractivity contribution >= 4 is 21.7 Å². The lowest BCUT2D eigenvalue weighted by Crippen LogP contribution is -2.26. The monoisotopic (exact) mass is 415 g/mol. The average molecular weight is 415 g/mol. The molecule has 0 aliphatic rings. The van der Waals surface area contributed by atoms with Crippen molar-refractivity contribution in [2.45, 2.75) is 26.1 Å². The van der Waals surface area contributed by atoms with Crippen molar-refractivity contribution in [3.05, 3.63) is 81.8 Å². The first-order valence-electron chi connectivity index (χ1n) is 8.93. The van der Waals surface area contributed by atoms with Crippen LogP contribution in [0.25, 0.3) is 21.6 Å². The van der Waals surface area contributed by atoms with Crippen molar-refractivity contribution < 1.29 is 13.2 Å². The molecule has 148 valence electrons. The number of aromatic nitrogens is 3. The molecule has 0 saturated carbocycles. The summed E-state index contributed by atoms with van der Waals surface area (Å²) in [5, 5.41) is -0.465. The minimum atomic E-state index is -4.71. The predicted octanol–water partition coefficient (Wildman–Crippen LogP) is 5.09. The predicted molar refractivity (Wildman–Crippen MR) is 107 cm³/mol. The van der Waals surface area contributed by atoms with Crippen LogP contribution in [0.1, 0.15) is 16.8 Å². The smallest absolute Gasteiger partial charge is 0.292 e. The number of benzene rings is 2. The Morgan fingerprint density at radius 1 is 1.03 bits per heavy atom. The van der Waals surface area contributed by atoms with E-state index in [1.807, 2.05) is 61.5 Å². The molecule has 0 fully saturated rings. The fourth-order valence-corrected chi connectivity index (χ4v) is 4.03. The highest BCUT2D eigenvalue weighted by atomic mass is 32.1. The largest absolute Gasteiger partial charge is 0.435 e. The van der Waals surface area contributed by atoms with Gasteiger partial charge in [-0.05, 0) is 36.0 Å². The number of aryl methyl sites for hydroxylation is 2. The summed E-state index contributed by atoms with van der Waals surface area (Å²) in [6.45, 7) is 2.09. The fourth-order valence-electron chi connectivity index (χ4n) is 3.25. The summed E-state index contributed by atoms with van der Waals surface area (Å²) in [4.78, 5) is 17.6. The second kappa shape index (κ2) is 7.44. The maximum Gasteiger partial charge on any atom is 0.435 e. The minimum absolute atomic E-state index is 0.00320. The molecule has 8 heteroatoms. The molecule has 4 rings (SSSR count). The summed E-state index contributed by atoms with van der Waals surface area (Å²) in [5.74, 6) is 0.355. The van der Waals surface area contributed by atoms with E-state index in [2.05, 4.69) is 9.36 Å². The number of fused-ring (bicyclic) bond motifs is 1. The molecule has 0 amide bonds. The van der Waals surface area contributed by atoms with Gasteiger partial charge in [0.15, 0.2) is 10.5 Å². The molecule has 2 heterocycles. The normalized spacial score (nSPS) is 11.9. The highest BCUT2D eigenvalue weighted by Gasteiger charge is 2.38. The minimum Gasteiger partial charge on any atom is -0.292 e. The van der Waals surface area contributed by atoms with Crippen molar-refractivity contribution in [1.29, 1.82) is 0 Å². The Labute approximate surface area is 168 Å². The molecule has 0 unspecified atom stereocenters. The van der Waals surface area contributed by atoms with Gasteiger partial charge in [0.25, 0.3) is 5.56 Å². The topological polar surface area (TPSA) is 47.8 Å². The Bertz CT molecular complexity index is 1230. The van der Waals surface area contributed by atoms with Crippen LogP contribution in [0.3, 0.4) is 0 Å². The summed E-state index contributed by atoms with van der Waals surface area (Å²) in [6, 6.07) is 16.8. The first kappa shape index (κ1) is 19.3. The maximum absolute atomic E-state index is 13.4. The molecule has 0 saturated heterocycles.